The van der Waals surface area contributed by atoms with Gasteiger partial charge in [0.1, 0.15) is 17.3 Å². The third-order valence-corrected chi connectivity index (χ3v) is 6.74. The Morgan fingerprint density at radius 2 is 1.70 bits per heavy atom. The van der Waals surface area contributed by atoms with Crippen LogP contribution >= 0.6 is 0 Å². The van der Waals surface area contributed by atoms with Crippen molar-refractivity contribution >= 4 is 17.4 Å². The van der Waals surface area contributed by atoms with Crippen LogP contribution in [0, 0.1) is 11.2 Å². The Morgan fingerprint density at radius 3 is 2.46 bits per heavy atom. The molecule has 0 fully saturated rings. The summed E-state index contributed by atoms with van der Waals surface area (Å²) < 4.78 is 19.9. The maximum atomic E-state index is 13.8. The molecular weight excluding hydrogens is 467 g/mol. The molecule has 6 heteroatoms. The molecule has 1 aliphatic carbocycles. The van der Waals surface area contributed by atoms with Gasteiger partial charge in [-0.15, -0.1) is 0 Å². The zero-order chi connectivity index (χ0) is 26.2. The van der Waals surface area contributed by atoms with E-state index in [-0.39, 0.29) is 17.1 Å². The molecule has 3 aromatic carbocycles. The van der Waals surface area contributed by atoms with Gasteiger partial charge in [0, 0.05) is 40.6 Å². The van der Waals surface area contributed by atoms with E-state index < -0.39 is 11.7 Å². The maximum Gasteiger partial charge on any atom is 0.254 e. The van der Waals surface area contributed by atoms with Gasteiger partial charge in [0.2, 0.25) is 0 Å². The van der Waals surface area contributed by atoms with Crippen LogP contribution in [0.15, 0.2) is 101 Å². The van der Waals surface area contributed by atoms with E-state index in [4.69, 9.17) is 4.74 Å². The number of ether oxygens (including phenoxy) is 1. The molecule has 37 heavy (non-hydrogen) atoms. The van der Waals surface area contributed by atoms with Crippen molar-refractivity contribution in [1.82, 2.24) is 5.32 Å². The summed E-state index contributed by atoms with van der Waals surface area (Å²) in [6, 6.07) is 22.7. The molecule has 5 nitrogen and oxygen atoms in total. The molecule has 0 bridgehead atoms. The van der Waals surface area contributed by atoms with E-state index in [1.54, 1.807) is 12.1 Å². The van der Waals surface area contributed by atoms with Gasteiger partial charge in [0.15, 0.2) is 5.78 Å². The lowest BCUT2D eigenvalue weighted by molar-refractivity contribution is -0.118. The molecule has 0 radical (unpaired) electrons. The number of dihydropyridines is 1. The van der Waals surface area contributed by atoms with Crippen molar-refractivity contribution in [3.63, 3.8) is 0 Å². The number of carbonyl (C=O) groups is 2. The Kier molecular flexibility index (Phi) is 6.42. The molecule has 1 atom stereocenters. The first-order valence-electron chi connectivity index (χ1n) is 12.3. The number of anilines is 1. The van der Waals surface area contributed by atoms with E-state index in [2.05, 4.69) is 24.5 Å². The van der Waals surface area contributed by atoms with Crippen molar-refractivity contribution in [2.45, 2.75) is 39.5 Å². The van der Waals surface area contributed by atoms with Crippen molar-refractivity contribution < 1.29 is 18.7 Å². The average molecular weight is 497 g/mol. The summed E-state index contributed by atoms with van der Waals surface area (Å²) in [5.41, 5.74) is 3.48. The minimum Gasteiger partial charge on any atom is -0.457 e. The molecule has 1 aliphatic heterocycles. The molecule has 3 aromatic rings. The van der Waals surface area contributed by atoms with E-state index in [0.717, 1.165) is 11.3 Å². The molecule has 0 saturated carbocycles. The standard InChI is InChI=1S/C31H29FN2O3/c1-19-27(30(36)34-22-11-8-10-21(32)16-22)28(29-25(33-19)17-31(2,3)18-26(29)35)20-9-7-14-24(15-20)37-23-12-5-4-6-13-23/h4-16,28,33H,17-18H2,1-3H3,(H,34,36)/t28-/m1/s1. The van der Waals surface area contributed by atoms with Crippen LogP contribution in [0.1, 0.15) is 45.1 Å². The van der Waals surface area contributed by atoms with Gasteiger partial charge >= 0.3 is 0 Å². The first-order chi connectivity index (χ1) is 17.7. The average Bonchev–Trinajstić information content (AvgIpc) is 2.83. The van der Waals surface area contributed by atoms with Gasteiger partial charge in [-0.1, -0.05) is 50.2 Å². The molecule has 188 valence electrons. The number of hydrogen-bond donors (Lipinski definition) is 2. The Labute approximate surface area is 216 Å². The molecule has 0 spiro atoms. The largest absolute Gasteiger partial charge is 0.457 e. The van der Waals surface area contributed by atoms with E-state index in [1.807, 2.05) is 61.5 Å². The second-order valence-electron chi connectivity index (χ2n) is 10.4. The highest BCUT2D eigenvalue weighted by Crippen LogP contribution is 2.47. The fraction of sp³-hybridized carbons (Fsp3) is 0.226. The Hall–Kier alpha value is -4.19. The number of hydrogen-bond acceptors (Lipinski definition) is 4. The van der Waals surface area contributed by atoms with E-state index >= 15 is 0 Å². The summed E-state index contributed by atoms with van der Waals surface area (Å²) in [7, 11) is 0. The lowest BCUT2D eigenvalue weighted by Crippen LogP contribution is -2.39. The Balaban J connectivity index is 1.58. The number of allylic oxidation sites excluding steroid dienone is 3. The minimum absolute atomic E-state index is 0.0155. The van der Waals surface area contributed by atoms with Gasteiger partial charge in [-0.2, -0.15) is 0 Å². The SMILES string of the molecule is CC1=C(C(=O)Nc2cccc(F)c2)[C@@H](c2cccc(Oc3ccccc3)c2)C2=C(CC(C)(C)CC2=O)N1. The number of carbonyl (C=O) groups excluding carboxylic acids is 2. The van der Waals surface area contributed by atoms with Crippen molar-refractivity contribution in [3.8, 4) is 11.5 Å². The lowest BCUT2D eigenvalue weighted by atomic mass is 9.68. The van der Waals surface area contributed by atoms with E-state index in [9.17, 15) is 14.0 Å². The third kappa shape index (κ3) is 5.19. The number of para-hydroxylation sites is 1. The van der Waals surface area contributed by atoms with Crippen LogP contribution in [0.4, 0.5) is 10.1 Å². The molecule has 0 saturated heterocycles. The monoisotopic (exact) mass is 496 g/mol. The summed E-state index contributed by atoms with van der Waals surface area (Å²) in [6.45, 7) is 5.99. The highest BCUT2D eigenvalue weighted by molar-refractivity contribution is 6.10. The quantitative estimate of drug-likeness (QED) is 0.405. The fourth-order valence-electron chi connectivity index (χ4n) is 5.22. The highest BCUT2D eigenvalue weighted by atomic mass is 19.1. The van der Waals surface area contributed by atoms with Crippen molar-refractivity contribution in [1.29, 1.82) is 0 Å². The summed E-state index contributed by atoms with van der Waals surface area (Å²) in [4.78, 5) is 27.2. The summed E-state index contributed by atoms with van der Waals surface area (Å²) in [6.07, 6.45) is 1.09. The van der Waals surface area contributed by atoms with Gasteiger partial charge in [0.25, 0.3) is 5.91 Å². The predicted molar refractivity (Wildman–Crippen MR) is 142 cm³/mol. The smallest absolute Gasteiger partial charge is 0.254 e. The molecule has 1 amide bonds. The zero-order valence-corrected chi connectivity index (χ0v) is 21.1. The highest BCUT2D eigenvalue weighted by Gasteiger charge is 2.42. The van der Waals surface area contributed by atoms with Crippen LogP contribution < -0.4 is 15.4 Å². The van der Waals surface area contributed by atoms with Crippen LogP contribution in [0.2, 0.25) is 0 Å². The zero-order valence-electron chi connectivity index (χ0n) is 21.1. The van der Waals surface area contributed by atoms with Crippen LogP contribution in [0.3, 0.4) is 0 Å². The van der Waals surface area contributed by atoms with Gasteiger partial charge in [-0.25, -0.2) is 4.39 Å². The van der Waals surface area contributed by atoms with Crippen LogP contribution in [0.25, 0.3) is 0 Å². The normalized spacial score (nSPS) is 18.7. The third-order valence-electron chi connectivity index (χ3n) is 6.74. The molecular formula is C31H29FN2O3. The van der Waals surface area contributed by atoms with Gasteiger partial charge in [-0.3, -0.25) is 9.59 Å². The van der Waals surface area contributed by atoms with Crippen LogP contribution in [0.5, 0.6) is 11.5 Å². The predicted octanol–water partition coefficient (Wildman–Crippen LogP) is 6.86. The summed E-state index contributed by atoms with van der Waals surface area (Å²) in [5, 5.41) is 6.18. The minimum atomic E-state index is -0.590. The van der Waals surface area contributed by atoms with Crippen molar-refractivity contribution in [2.75, 3.05) is 5.32 Å². The topological polar surface area (TPSA) is 67.4 Å². The molecule has 2 N–H and O–H groups in total. The second kappa shape index (κ2) is 9.69. The molecule has 0 aromatic heterocycles. The number of benzene rings is 3. The first-order valence-corrected chi connectivity index (χ1v) is 12.3. The molecule has 1 heterocycles. The number of Topliss-reactive ketones (excluding diaryl/α,β-unsaturated/α-hetero) is 1. The Bertz CT molecular complexity index is 1440. The van der Waals surface area contributed by atoms with Gasteiger partial charge in [0.05, 0.1) is 0 Å². The molecule has 0 unspecified atom stereocenters. The lowest BCUT2D eigenvalue weighted by Gasteiger charge is -2.39. The van der Waals surface area contributed by atoms with Crippen molar-refractivity contribution in [2.24, 2.45) is 5.41 Å². The van der Waals surface area contributed by atoms with Gasteiger partial charge < -0.3 is 15.4 Å². The molecule has 5 rings (SSSR count). The number of rotatable bonds is 5. The van der Waals surface area contributed by atoms with E-state index in [1.165, 1.54) is 12.1 Å². The molecule has 2 aliphatic rings. The van der Waals surface area contributed by atoms with Gasteiger partial charge in [-0.05, 0) is 66.8 Å². The number of ketones is 1. The van der Waals surface area contributed by atoms with Crippen LogP contribution in [-0.4, -0.2) is 11.7 Å². The van der Waals surface area contributed by atoms with Crippen molar-refractivity contribution in [3.05, 3.63) is 113 Å². The first kappa shape index (κ1) is 24.5. The summed E-state index contributed by atoms with van der Waals surface area (Å²) in [5.74, 6) is -0.109. The number of amides is 1. The van der Waals surface area contributed by atoms with E-state index in [0.29, 0.717) is 46.9 Å². The fourth-order valence-corrected chi connectivity index (χ4v) is 5.22. The summed E-state index contributed by atoms with van der Waals surface area (Å²) >= 11 is 0. The second-order valence-corrected chi connectivity index (χ2v) is 10.4. The Morgan fingerprint density at radius 1 is 0.973 bits per heavy atom. The number of halogens is 1. The van der Waals surface area contributed by atoms with Crippen LogP contribution in [-0.2, 0) is 9.59 Å². The number of nitrogens with one attached hydrogen (secondary N) is 2. The maximum absolute atomic E-state index is 13.8.